The van der Waals surface area contributed by atoms with E-state index in [0.717, 1.165) is 19.3 Å². The molecule has 1 amide bonds. The average Bonchev–Trinajstić information content (AvgIpc) is 2.43. The Morgan fingerprint density at radius 3 is 1.80 bits per heavy atom. The molecule has 0 saturated heterocycles. The molecular weight excluding hydrogens is 246 g/mol. The third-order valence-electron chi connectivity index (χ3n) is 4.11. The molecule has 2 heteroatoms. The van der Waals surface area contributed by atoms with Gasteiger partial charge < -0.3 is 5.73 Å². The first kappa shape index (κ1) is 19.2. The summed E-state index contributed by atoms with van der Waals surface area (Å²) in [6, 6.07) is 0. The lowest BCUT2D eigenvalue weighted by Crippen LogP contribution is -2.22. The van der Waals surface area contributed by atoms with E-state index in [4.69, 9.17) is 5.73 Å². The SMILES string of the molecule is C=CCCCCCCCCCCCCC(CC)C(N)=O. The first-order chi connectivity index (χ1) is 9.72. The molecule has 0 aliphatic carbocycles. The highest BCUT2D eigenvalue weighted by molar-refractivity contribution is 5.76. The van der Waals surface area contributed by atoms with Crippen LogP contribution in [0.25, 0.3) is 0 Å². The number of amides is 1. The summed E-state index contributed by atoms with van der Waals surface area (Å²) < 4.78 is 0. The number of rotatable bonds is 15. The second-order valence-corrected chi connectivity index (χ2v) is 5.91. The van der Waals surface area contributed by atoms with Gasteiger partial charge in [-0.2, -0.15) is 0 Å². The Morgan fingerprint density at radius 2 is 1.40 bits per heavy atom. The van der Waals surface area contributed by atoms with Gasteiger partial charge in [0, 0.05) is 5.92 Å². The average molecular weight is 281 g/mol. The maximum atomic E-state index is 11.1. The lowest BCUT2D eigenvalue weighted by atomic mass is 9.97. The van der Waals surface area contributed by atoms with Gasteiger partial charge in [0.05, 0.1) is 0 Å². The van der Waals surface area contributed by atoms with Crippen molar-refractivity contribution in [2.24, 2.45) is 11.7 Å². The van der Waals surface area contributed by atoms with Crippen molar-refractivity contribution in [2.45, 2.75) is 90.4 Å². The standard InChI is InChI=1S/C18H35NO/c1-3-5-6-7-8-9-10-11-12-13-14-15-16-17(4-2)18(19)20/h3,17H,1,4-16H2,2H3,(H2,19,20). The van der Waals surface area contributed by atoms with Crippen LogP contribution in [0.2, 0.25) is 0 Å². The third-order valence-corrected chi connectivity index (χ3v) is 4.11. The van der Waals surface area contributed by atoms with E-state index in [9.17, 15) is 4.79 Å². The maximum absolute atomic E-state index is 11.1. The van der Waals surface area contributed by atoms with E-state index in [1.165, 1.54) is 64.2 Å². The molecule has 2 N–H and O–H groups in total. The topological polar surface area (TPSA) is 43.1 Å². The largest absolute Gasteiger partial charge is 0.369 e. The van der Waals surface area contributed by atoms with E-state index in [-0.39, 0.29) is 11.8 Å². The molecule has 0 aromatic rings. The molecule has 0 fully saturated rings. The van der Waals surface area contributed by atoms with Gasteiger partial charge in [-0.05, 0) is 25.7 Å². The Morgan fingerprint density at radius 1 is 0.950 bits per heavy atom. The molecule has 2 nitrogen and oxygen atoms in total. The number of nitrogens with two attached hydrogens (primary N) is 1. The van der Waals surface area contributed by atoms with Crippen molar-refractivity contribution in [3.63, 3.8) is 0 Å². The van der Waals surface area contributed by atoms with Gasteiger partial charge in [0.2, 0.25) is 5.91 Å². The molecular formula is C18H35NO. The van der Waals surface area contributed by atoms with Crippen LogP contribution in [0.1, 0.15) is 90.4 Å². The Balaban J connectivity index is 3.16. The van der Waals surface area contributed by atoms with Crippen LogP contribution in [0.4, 0.5) is 0 Å². The van der Waals surface area contributed by atoms with Crippen LogP contribution in [0.5, 0.6) is 0 Å². The fraction of sp³-hybridized carbons (Fsp3) is 0.833. The summed E-state index contributed by atoms with van der Waals surface area (Å²) >= 11 is 0. The van der Waals surface area contributed by atoms with E-state index >= 15 is 0 Å². The van der Waals surface area contributed by atoms with Gasteiger partial charge in [0.1, 0.15) is 0 Å². The van der Waals surface area contributed by atoms with Crippen LogP contribution >= 0.6 is 0 Å². The zero-order valence-corrected chi connectivity index (χ0v) is 13.5. The van der Waals surface area contributed by atoms with Gasteiger partial charge in [0.25, 0.3) is 0 Å². The Hall–Kier alpha value is -0.790. The molecule has 0 heterocycles. The molecule has 0 aromatic heterocycles. The van der Waals surface area contributed by atoms with Crippen molar-refractivity contribution in [3.05, 3.63) is 12.7 Å². The molecule has 118 valence electrons. The Bertz CT molecular complexity index is 238. The molecule has 0 aromatic carbocycles. The summed E-state index contributed by atoms with van der Waals surface area (Å²) in [6.45, 7) is 5.79. The zero-order valence-electron chi connectivity index (χ0n) is 13.5. The van der Waals surface area contributed by atoms with Crippen LogP contribution in [0.3, 0.4) is 0 Å². The molecule has 1 atom stereocenters. The molecule has 0 spiro atoms. The van der Waals surface area contributed by atoms with Gasteiger partial charge in [-0.3, -0.25) is 4.79 Å². The van der Waals surface area contributed by atoms with Gasteiger partial charge >= 0.3 is 0 Å². The highest BCUT2D eigenvalue weighted by atomic mass is 16.1. The molecule has 0 rings (SSSR count). The van der Waals surface area contributed by atoms with Gasteiger partial charge in [-0.15, -0.1) is 6.58 Å². The van der Waals surface area contributed by atoms with E-state index in [2.05, 4.69) is 6.58 Å². The predicted molar refractivity (Wildman–Crippen MR) is 88.6 cm³/mol. The minimum Gasteiger partial charge on any atom is -0.369 e. The summed E-state index contributed by atoms with van der Waals surface area (Å²) in [6.07, 6.45) is 18.3. The molecule has 0 radical (unpaired) electrons. The lowest BCUT2D eigenvalue weighted by molar-refractivity contribution is -0.122. The first-order valence-electron chi connectivity index (χ1n) is 8.62. The summed E-state index contributed by atoms with van der Waals surface area (Å²) in [5.74, 6) is -0.0190. The Kier molecular flexibility index (Phi) is 14.0. The highest BCUT2D eigenvalue weighted by Gasteiger charge is 2.11. The summed E-state index contributed by atoms with van der Waals surface area (Å²) in [4.78, 5) is 11.1. The fourth-order valence-corrected chi connectivity index (χ4v) is 2.64. The van der Waals surface area contributed by atoms with Crippen molar-refractivity contribution >= 4 is 5.91 Å². The zero-order chi connectivity index (χ0) is 15.1. The minimum absolute atomic E-state index is 0.102. The number of unbranched alkanes of at least 4 members (excludes halogenated alkanes) is 10. The van der Waals surface area contributed by atoms with Crippen LogP contribution < -0.4 is 5.73 Å². The molecule has 0 aliphatic heterocycles. The predicted octanol–water partition coefficient (Wildman–Crippen LogP) is 5.37. The molecule has 1 unspecified atom stereocenters. The normalized spacial score (nSPS) is 12.2. The number of primary amides is 1. The van der Waals surface area contributed by atoms with Crippen LogP contribution in [-0.2, 0) is 4.79 Å². The summed E-state index contributed by atoms with van der Waals surface area (Å²) in [5.41, 5.74) is 5.34. The van der Waals surface area contributed by atoms with Crippen molar-refractivity contribution in [1.29, 1.82) is 0 Å². The van der Waals surface area contributed by atoms with E-state index in [0.29, 0.717) is 0 Å². The summed E-state index contributed by atoms with van der Waals surface area (Å²) in [5, 5.41) is 0. The van der Waals surface area contributed by atoms with E-state index < -0.39 is 0 Å². The van der Waals surface area contributed by atoms with Gasteiger partial charge in [-0.1, -0.05) is 70.8 Å². The lowest BCUT2D eigenvalue weighted by Gasteiger charge is -2.09. The van der Waals surface area contributed by atoms with Crippen molar-refractivity contribution in [3.8, 4) is 0 Å². The number of allylic oxidation sites excluding steroid dienone is 1. The minimum atomic E-state index is -0.121. The molecule has 0 bridgehead atoms. The quantitative estimate of drug-likeness (QED) is 0.318. The monoisotopic (exact) mass is 281 g/mol. The number of carbonyl (C=O) groups is 1. The highest BCUT2D eigenvalue weighted by Crippen LogP contribution is 2.15. The first-order valence-corrected chi connectivity index (χ1v) is 8.62. The third kappa shape index (κ3) is 12.3. The molecule has 0 aliphatic rings. The van der Waals surface area contributed by atoms with Gasteiger partial charge in [-0.25, -0.2) is 0 Å². The second-order valence-electron chi connectivity index (χ2n) is 5.91. The maximum Gasteiger partial charge on any atom is 0.220 e. The molecule has 20 heavy (non-hydrogen) atoms. The number of hydrogen-bond donors (Lipinski definition) is 1. The number of hydrogen-bond acceptors (Lipinski definition) is 1. The van der Waals surface area contributed by atoms with Crippen LogP contribution in [-0.4, -0.2) is 5.91 Å². The van der Waals surface area contributed by atoms with Crippen LogP contribution in [0, 0.1) is 5.92 Å². The Labute approximate surface area is 126 Å². The van der Waals surface area contributed by atoms with E-state index in [1.54, 1.807) is 0 Å². The fourth-order valence-electron chi connectivity index (χ4n) is 2.64. The second kappa shape index (κ2) is 14.6. The van der Waals surface area contributed by atoms with Crippen molar-refractivity contribution < 1.29 is 4.79 Å². The van der Waals surface area contributed by atoms with Crippen LogP contribution in [0.15, 0.2) is 12.7 Å². The van der Waals surface area contributed by atoms with Crippen molar-refractivity contribution in [1.82, 2.24) is 0 Å². The van der Waals surface area contributed by atoms with Crippen molar-refractivity contribution in [2.75, 3.05) is 0 Å². The van der Waals surface area contributed by atoms with Gasteiger partial charge in [0.15, 0.2) is 0 Å². The van der Waals surface area contributed by atoms with E-state index in [1.807, 2.05) is 13.0 Å². The molecule has 0 saturated carbocycles. The summed E-state index contributed by atoms with van der Waals surface area (Å²) in [7, 11) is 0. The number of carbonyl (C=O) groups excluding carboxylic acids is 1. The smallest absolute Gasteiger partial charge is 0.220 e.